The van der Waals surface area contributed by atoms with Gasteiger partial charge in [0.1, 0.15) is 20.3 Å². The molecule has 0 radical (unpaired) electrons. The SMILES string of the molecule is CCCC/C=C(/C(=O)Nc1c(Cl)c(OC)c(Br)c(OC)c1Cl)c1[pH]nc(Nc2ccc(CN(CCC)CCC(C)CC)cc2)c1C. The van der Waals surface area contributed by atoms with Crippen molar-refractivity contribution in [2.24, 2.45) is 5.92 Å². The molecule has 0 aliphatic carbocycles. The number of halogens is 3. The van der Waals surface area contributed by atoms with Gasteiger partial charge < -0.3 is 20.1 Å². The van der Waals surface area contributed by atoms with Crippen molar-refractivity contribution >= 4 is 76.2 Å². The standard InChI is InChI=1S/C35H48BrCl2N4O3P/c1-8-11-12-13-26(35(43)40-30-28(37)31(44-6)27(36)32(45-7)29(30)38)33-23(5)34(41-46-33)39-25-16-14-24(15-17-25)21-42(19-9-2)20-18-22(4)10-3/h13-17,22,46H,8-12,18-21H2,1-7H3,(H,39,41)(H,40,43)/b26-13+. The van der Waals surface area contributed by atoms with E-state index in [0.29, 0.717) is 21.5 Å². The van der Waals surface area contributed by atoms with Gasteiger partial charge in [0.15, 0.2) is 11.5 Å². The number of methoxy groups -OCH3 is 2. The van der Waals surface area contributed by atoms with Crippen molar-refractivity contribution in [2.45, 2.75) is 79.7 Å². The first kappa shape index (κ1) is 38.2. The molecule has 0 bridgehead atoms. The molecule has 0 aliphatic rings. The summed E-state index contributed by atoms with van der Waals surface area (Å²) in [5.74, 6) is 1.82. The van der Waals surface area contributed by atoms with E-state index in [9.17, 15) is 4.79 Å². The number of allylic oxidation sites excluding steroid dienone is 1. The summed E-state index contributed by atoms with van der Waals surface area (Å²) in [6, 6.07) is 8.58. The first-order valence-electron chi connectivity index (χ1n) is 16.0. The zero-order valence-corrected chi connectivity index (χ0v) is 32.2. The van der Waals surface area contributed by atoms with E-state index in [2.05, 4.69) is 83.4 Å². The molecular weight excluding hydrogens is 706 g/mol. The molecule has 0 spiro atoms. The average molecular weight is 755 g/mol. The van der Waals surface area contributed by atoms with Gasteiger partial charge in [0.05, 0.1) is 19.9 Å². The molecule has 0 aliphatic heterocycles. The fourth-order valence-corrected chi connectivity index (χ4v) is 7.78. The fourth-order valence-electron chi connectivity index (χ4n) is 5.09. The van der Waals surface area contributed by atoms with Crippen LogP contribution in [0.25, 0.3) is 5.57 Å². The normalized spacial score (nSPS) is 12.5. The Morgan fingerprint density at radius 3 is 2.28 bits per heavy atom. The number of hydrogen-bond donors (Lipinski definition) is 2. The van der Waals surface area contributed by atoms with Crippen molar-refractivity contribution in [1.29, 1.82) is 0 Å². The van der Waals surface area contributed by atoms with Crippen LogP contribution in [0.2, 0.25) is 10.0 Å². The number of nitrogens with one attached hydrogen (secondary N) is 2. The summed E-state index contributed by atoms with van der Waals surface area (Å²) in [4.78, 5) is 16.4. The van der Waals surface area contributed by atoms with Crippen molar-refractivity contribution in [2.75, 3.05) is 37.9 Å². The van der Waals surface area contributed by atoms with Crippen LogP contribution in [0, 0.1) is 12.8 Å². The van der Waals surface area contributed by atoms with Gasteiger partial charge in [-0.2, -0.15) is 0 Å². The Morgan fingerprint density at radius 1 is 1.07 bits per heavy atom. The van der Waals surface area contributed by atoms with Gasteiger partial charge in [0.2, 0.25) is 0 Å². The van der Waals surface area contributed by atoms with Gasteiger partial charge in [-0.15, -0.1) is 0 Å². The number of aromatic nitrogens is 1. The largest absolute Gasteiger partial charge is 0.494 e. The quantitative estimate of drug-likeness (QED) is 0.0995. The van der Waals surface area contributed by atoms with E-state index in [1.165, 1.54) is 32.6 Å². The van der Waals surface area contributed by atoms with Crippen molar-refractivity contribution < 1.29 is 14.3 Å². The Hall–Kier alpha value is -2.22. The second kappa shape index (κ2) is 18.9. The topological polar surface area (TPSA) is 75.7 Å². The second-order valence-electron chi connectivity index (χ2n) is 11.6. The molecule has 0 fully saturated rings. The van der Waals surface area contributed by atoms with Crippen LogP contribution >= 0.6 is 47.5 Å². The lowest BCUT2D eigenvalue weighted by molar-refractivity contribution is -0.111. The van der Waals surface area contributed by atoms with E-state index >= 15 is 0 Å². The number of amides is 1. The van der Waals surface area contributed by atoms with Crippen LogP contribution in [0.15, 0.2) is 34.8 Å². The smallest absolute Gasteiger partial charge is 0.256 e. The highest BCUT2D eigenvalue weighted by molar-refractivity contribution is 9.10. The third-order valence-electron chi connectivity index (χ3n) is 8.11. The number of ether oxygens (including phenoxy) is 2. The Kier molecular flexibility index (Phi) is 15.7. The molecule has 1 aromatic heterocycles. The molecule has 1 amide bonds. The number of carbonyl (C=O) groups is 1. The Balaban J connectivity index is 1.83. The van der Waals surface area contributed by atoms with E-state index in [1.807, 2.05) is 13.0 Å². The molecule has 3 rings (SSSR count). The third-order valence-corrected chi connectivity index (χ3v) is 10.8. The van der Waals surface area contributed by atoms with Crippen LogP contribution < -0.4 is 20.1 Å². The highest BCUT2D eigenvalue weighted by Gasteiger charge is 2.26. The van der Waals surface area contributed by atoms with E-state index in [4.69, 9.17) is 37.4 Å². The molecule has 11 heteroatoms. The summed E-state index contributed by atoms with van der Waals surface area (Å²) in [6.07, 6.45) is 8.30. The number of unbranched alkanes of at least 4 members (excludes halogenated alkanes) is 2. The van der Waals surface area contributed by atoms with Crippen molar-refractivity contribution in [3.63, 3.8) is 0 Å². The van der Waals surface area contributed by atoms with Crippen LogP contribution in [0.3, 0.4) is 0 Å². The molecule has 46 heavy (non-hydrogen) atoms. The lowest BCUT2D eigenvalue weighted by atomic mass is 10.0. The van der Waals surface area contributed by atoms with Crippen LogP contribution in [0.5, 0.6) is 11.5 Å². The molecule has 252 valence electrons. The van der Waals surface area contributed by atoms with Crippen molar-refractivity contribution in [1.82, 2.24) is 9.65 Å². The van der Waals surface area contributed by atoms with Gasteiger partial charge in [-0.05, 0) is 87.2 Å². The van der Waals surface area contributed by atoms with Crippen LogP contribution in [0.4, 0.5) is 17.2 Å². The average Bonchev–Trinajstić information content (AvgIpc) is 3.40. The van der Waals surface area contributed by atoms with Gasteiger partial charge in [-0.1, -0.05) is 88.4 Å². The number of hydrogen-bond acceptors (Lipinski definition) is 6. The number of nitrogens with zero attached hydrogens (tertiary/aromatic N) is 2. The zero-order chi connectivity index (χ0) is 33.8. The molecule has 2 aromatic carbocycles. The summed E-state index contributed by atoms with van der Waals surface area (Å²) in [5, 5.41) is 7.66. The van der Waals surface area contributed by atoms with Gasteiger partial charge in [0, 0.05) is 28.7 Å². The predicted octanol–water partition coefficient (Wildman–Crippen LogP) is 11.1. The van der Waals surface area contributed by atoms with E-state index in [0.717, 1.165) is 73.6 Å². The maximum Gasteiger partial charge on any atom is 0.256 e. The van der Waals surface area contributed by atoms with Crippen molar-refractivity contribution in [3.8, 4) is 11.5 Å². The molecule has 1 heterocycles. The van der Waals surface area contributed by atoms with E-state index in [-0.39, 0.29) is 30.0 Å². The number of rotatable bonds is 18. The van der Waals surface area contributed by atoms with Crippen molar-refractivity contribution in [3.05, 3.63) is 61.3 Å². The zero-order valence-electron chi connectivity index (χ0n) is 28.1. The highest BCUT2D eigenvalue weighted by Crippen LogP contribution is 2.51. The minimum absolute atomic E-state index is 0.0836. The van der Waals surface area contributed by atoms with Crippen LogP contribution in [0.1, 0.15) is 82.6 Å². The molecule has 3 aromatic rings. The summed E-state index contributed by atoms with van der Waals surface area (Å²) in [6.45, 7) is 14.1. The van der Waals surface area contributed by atoms with Crippen LogP contribution in [-0.2, 0) is 11.3 Å². The minimum Gasteiger partial charge on any atom is -0.494 e. The maximum atomic E-state index is 13.9. The Bertz CT molecular complexity index is 1450. The minimum atomic E-state index is -0.320. The van der Waals surface area contributed by atoms with Crippen LogP contribution in [-0.4, -0.2) is 42.9 Å². The maximum absolute atomic E-state index is 13.9. The summed E-state index contributed by atoms with van der Waals surface area (Å²) in [5.41, 5.74) is 3.97. The van der Waals surface area contributed by atoms with Gasteiger partial charge in [-0.3, -0.25) is 9.69 Å². The van der Waals surface area contributed by atoms with E-state index in [1.54, 1.807) is 0 Å². The summed E-state index contributed by atoms with van der Waals surface area (Å²) < 4.78 is 16.2. The number of carbonyl (C=O) groups excluding carboxylic acids is 1. The lowest BCUT2D eigenvalue weighted by Crippen LogP contribution is -2.26. The molecule has 0 saturated carbocycles. The van der Waals surface area contributed by atoms with Gasteiger partial charge >= 0.3 is 0 Å². The molecule has 2 atom stereocenters. The molecule has 0 saturated heterocycles. The fraction of sp³-hybridized carbons (Fsp3) is 0.486. The first-order valence-corrected chi connectivity index (χ1v) is 18.5. The second-order valence-corrected chi connectivity index (χ2v) is 14.1. The lowest BCUT2D eigenvalue weighted by Gasteiger charge is -2.23. The Morgan fingerprint density at radius 2 is 1.72 bits per heavy atom. The summed E-state index contributed by atoms with van der Waals surface area (Å²) in [7, 11) is 3.06. The molecule has 2 unspecified atom stereocenters. The van der Waals surface area contributed by atoms with Gasteiger partial charge in [-0.25, -0.2) is 4.75 Å². The summed E-state index contributed by atoms with van der Waals surface area (Å²) >= 11 is 16.7. The highest BCUT2D eigenvalue weighted by atomic mass is 79.9. The number of anilines is 3. The number of benzene rings is 2. The monoisotopic (exact) mass is 752 g/mol. The van der Waals surface area contributed by atoms with Gasteiger partial charge in [0.25, 0.3) is 5.91 Å². The van der Waals surface area contributed by atoms with E-state index < -0.39 is 0 Å². The predicted molar refractivity (Wildman–Crippen MR) is 201 cm³/mol. The molecular formula is C35H48BrCl2N4O3P. The third kappa shape index (κ3) is 9.90. The molecule has 7 nitrogen and oxygen atoms in total. The Labute approximate surface area is 295 Å². The first-order chi connectivity index (χ1) is 22.1. The molecule has 2 N–H and O–H groups in total.